The quantitative estimate of drug-likeness (QED) is 0.125. The first-order valence-electron chi connectivity index (χ1n) is 13.4. The third kappa shape index (κ3) is 6.27. The number of thioether (sulfide) groups is 1. The number of benzene rings is 3. The summed E-state index contributed by atoms with van der Waals surface area (Å²) in [7, 11) is 0. The molecule has 42 heavy (non-hydrogen) atoms. The number of esters is 1. The van der Waals surface area contributed by atoms with E-state index in [2.05, 4.69) is 13.2 Å². The number of aliphatic hydroxyl groups is 1. The lowest BCUT2D eigenvalue weighted by Crippen LogP contribution is -2.68. The molecule has 0 saturated carbocycles. The Morgan fingerprint density at radius 3 is 1.79 bits per heavy atom. The van der Waals surface area contributed by atoms with E-state index < -0.39 is 46.4 Å². The molecule has 1 fully saturated rings. The third-order valence-corrected chi connectivity index (χ3v) is 8.71. The fourth-order valence-corrected chi connectivity index (χ4v) is 6.95. The predicted octanol–water partition coefficient (Wildman–Crippen LogP) is 5.27. The number of ether oxygens (including phenoxy) is 3. The minimum absolute atomic E-state index is 0.0541. The van der Waals surface area contributed by atoms with Crippen LogP contribution in [-0.4, -0.2) is 59.0 Å². The molecule has 1 N–H and O–H groups in total. The topological polar surface area (TPSA) is 102 Å². The van der Waals surface area contributed by atoms with Crippen molar-refractivity contribution < 1.29 is 33.7 Å². The molecule has 1 saturated heterocycles. The van der Waals surface area contributed by atoms with Gasteiger partial charge in [-0.3, -0.25) is 9.69 Å². The van der Waals surface area contributed by atoms with Crippen LogP contribution in [0.25, 0.3) is 0 Å². The Morgan fingerprint density at radius 2 is 1.33 bits per heavy atom. The van der Waals surface area contributed by atoms with E-state index >= 15 is 0 Å². The van der Waals surface area contributed by atoms with Crippen molar-refractivity contribution in [2.75, 3.05) is 13.2 Å². The van der Waals surface area contributed by atoms with Gasteiger partial charge in [0.05, 0.1) is 10.1 Å². The second kappa shape index (κ2) is 14.0. The number of amides is 1. The van der Waals surface area contributed by atoms with E-state index in [9.17, 15) is 19.5 Å². The van der Waals surface area contributed by atoms with Gasteiger partial charge in [-0.2, -0.15) is 0 Å². The van der Waals surface area contributed by atoms with Crippen LogP contribution in [0.15, 0.2) is 116 Å². The lowest BCUT2D eigenvalue weighted by Gasteiger charge is -2.52. The molecule has 0 aromatic heterocycles. The molecule has 0 bridgehead atoms. The van der Waals surface area contributed by atoms with Gasteiger partial charge in [0.2, 0.25) is 12.1 Å². The van der Waals surface area contributed by atoms with Gasteiger partial charge in [0.25, 0.3) is 0 Å². The van der Waals surface area contributed by atoms with Crippen LogP contribution in [-0.2, 0) is 28.5 Å². The van der Waals surface area contributed by atoms with E-state index in [4.69, 9.17) is 14.2 Å². The zero-order valence-electron chi connectivity index (χ0n) is 23.2. The monoisotopic (exact) mass is 587 g/mol. The Bertz CT molecular complexity index is 1290. The van der Waals surface area contributed by atoms with Crippen molar-refractivity contribution in [1.29, 1.82) is 0 Å². The van der Waals surface area contributed by atoms with Crippen LogP contribution in [0.3, 0.4) is 0 Å². The van der Waals surface area contributed by atoms with E-state index in [1.165, 1.54) is 23.9 Å². The molecule has 1 heterocycles. The molecule has 9 heteroatoms. The molecule has 3 aromatic carbocycles. The average Bonchev–Trinajstić information content (AvgIpc) is 3.02. The van der Waals surface area contributed by atoms with Crippen LogP contribution < -0.4 is 0 Å². The molecule has 1 amide bonds. The number of likely N-dealkylation sites (tertiary alicyclic amines) is 1. The first-order chi connectivity index (χ1) is 20.3. The van der Waals surface area contributed by atoms with E-state index in [1.807, 2.05) is 91.0 Å². The van der Waals surface area contributed by atoms with Crippen molar-refractivity contribution in [3.8, 4) is 0 Å². The van der Waals surface area contributed by atoms with Gasteiger partial charge in [-0.1, -0.05) is 116 Å². The number of aliphatic hydroxyl groups excluding tert-OH is 1. The third-order valence-electron chi connectivity index (χ3n) is 6.88. The van der Waals surface area contributed by atoms with Crippen LogP contribution >= 0.6 is 11.8 Å². The minimum atomic E-state index is -1.88. The summed E-state index contributed by atoms with van der Waals surface area (Å²) in [4.78, 5) is 39.7. The zero-order chi connectivity index (χ0) is 30.1. The van der Waals surface area contributed by atoms with Crippen molar-refractivity contribution >= 4 is 29.8 Å². The normalized spacial score (nSPS) is 17.8. The van der Waals surface area contributed by atoms with Crippen molar-refractivity contribution in [2.24, 2.45) is 5.92 Å². The van der Waals surface area contributed by atoms with E-state index in [1.54, 1.807) is 6.92 Å². The van der Waals surface area contributed by atoms with Gasteiger partial charge in [-0.15, -0.1) is 11.8 Å². The highest BCUT2D eigenvalue weighted by Crippen LogP contribution is 2.55. The SMILES string of the molecule is C=CCOC(=O)OC(C)[C@H]1C(=O)N(C(O)C(=O)OCC=C)[C@@H]1SC(c1ccccc1)(c1ccccc1)c1ccccc1. The van der Waals surface area contributed by atoms with Gasteiger partial charge in [0.15, 0.2) is 0 Å². The Labute approximate surface area is 249 Å². The highest BCUT2D eigenvalue weighted by atomic mass is 32.2. The molecular formula is C33H33NO7S. The van der Waals surface area contributed by atoms with Crippen LogP contribution in [0.2, 0.25) is 0 Å². The van der Waals surface area contributed by atoms with E-state index in [-0.39, 0.29) is 13.2 Å². The number of nitrogens with zero attached hydrogens (tertiary/aromatic N) is 1. The van der Waals surface area contributed by atoms with Crippen LogP contribution in [0.5, 0.6) is 0 Å². The molecule has 4 rings (SSSR count). The summed E-state index contributed by atoms with van der Waals surface area (Å²) < 4.78 is 14.6. The summed E-state index contributed by atoms with van der Waals surface area (Å²) in [6, 6.07) is 29.3. The summed E-state index contributed by atoms with van der Waals surface area (Å²) in [6.45, 7) is 8.44. The van der Waals surface area contributed by atoms with Crippen molar-refractivity contribution in [3.63, 3.8) is 0 Å². The number of carbonyl (C=O) groups is 3. The minimum Gasteiger partial charge on any atom is -0.458 e. The fourth-order valence-electron chi connectivity index (χ4n) is 4.95. The van der Waals surface area contributed by atoms with Gasteiger partial charge in [0, 0.05) is 0 Å². The van der Waals surface area contributed by atoms with E-state index in [0.717, 1.165) is 21.6 Å². The van der Waals surface area contributed by atoms with Gasteiger partial charge in [-0.05, 0) is 23.6 Å². The smallest absolute Gasteiger partial charge is 0.458 e. The average molecular weight is 588 g/mol. The Morgan fingerprint density at radius 1 is 0.881 bits per heavy atom. The Balaban J connectivity index is 1.84. The number of rotatable bonds is 13. The van der Waals surface area contributed by atoms with Crippen LogP contribution in [0.4, 0.5) is 4.79 Å². The maximum atomic E-state index is 13.6. The molecule has 0 aliphatic carbocycles. The molecule has 218 valence electrons. The molecule has 8 nitrogen and oxygen atoms in total. The maximum Gasteiger partial charge on any atom is 0.508 e. The first-order valence-corrected chi connectivity index (χ1v) is 14.3. The van der Waals surface area contributed by atoms with E-state index in [0.29, 0.717) is 0 Å². The molecule has 0 spiro atoms. The predicted molar refractivity (Wildman–Crippen MR) is 160 cm³/mol. The maximum absolute atomic E-state index is 13.6. The summed E-state index contributed by atoms with van der Waals surface area (Å²) in [5.74, 6) is -2.47. The largest absolute Gasteiger partial charge is 0.508 e. The summed E-state index contributed by atoms with van der Waals surface area (Å²) in [5.41, 5.74) is 2.73. The van der Waals surface area contributed by atoms with Gasteiger partial charge in [-0.25, -0.2) is 9.59 Å². The molecule has 3 aromatic rings. The Hall–Kier alpha value is -4.34. The number of carbonyl (C=O) groups excluding carboxylic acids is 3. The van der Waals surface area contributed by atoms with Gasteiger partial charge < -0.3 is 19.3 Å². The number of hydrogen-bond acceptors (Lipinski definition) is 8. The van der Waals surface area contributed by atoms with Crippen LogP contribution in [0, 0.1) is 5.92 Å². The zero-order valence-corrected chi connectivity index (χ0v) is 24.0. The molecular weight excluding hydrogens is 554 g/mol. The first kappa shape index (κ1) is 30.6. The molecule has 1 aliphatic rings. The summed E-state index contributed by atoms with van der Waals surface area (Å²) in [6.07, 6.45) is -1.01. The number of β-lactam (4-membered cyclic amide) rings is 1. The van der Waals surface area contributed by atoms with Crippen molar-refractivity contribution in [2.45, 2.75) is 29.4 Å². The second-order valence-corrected chi connectivity index (χ2v) is 10.9. The molecule has 1 aliphatic heterocycles. The fraction of sp³-hybridized carbons (Fsp3) is 0.242. The highest BCUT2D eigenvalue weighted by molar-refractivity contribution is 8.01. The Kier molecular flexibility index (Phi) is 10.2. The second-order valence-electron chi connectivity index (χ2n) is 9.52. The van der Waals surface area contributed by atoms with Crippen LogP contribution in [0.1, 0.15) is 23.6 Å². The lowest BCUT2D eigenvalue weighted by atomic mass is 9.84. The van der Waals surface area contributed by atoms with Gasteiger partial charge in [0.1, 0.15) is 25.2 Å². The molecule has 2 unspecified atom stereocenters. The van der Waals surface area contributed by atoms with Gasteiger partial charge >= 0.3 is 12.1 Å². The summed E-state index contributed by atoms with van der Waals surface area (Å²) in [5, 5.41) is 10.2. The molecule has 4 atom stereocenters. The highest BCUT2D eigenvalue weighted by Gasteiger charge is 2.59. The molecule has 0 radical (unpaired) electrons. The standard InChI is InChI=1S/C33H33NO7S/c1-4-21-39-31(37)29(36)34-28(35)27(23(3)41-32(38)40-22-5-2)30(34)42-33(24-15-9-6-10-16-24,25-17-11-7-12-18-25)26-19-13-8-14-20-26/h4-20,23,27,29-30,36H,1-2,21-22H2,3H3/t23?,27-,29?,30+/m0/s1. The summed E-state index contributed by atoms with van der Waals surface area (Å²) >= 11 is 1.37. The van der Waals surface area contributed by atoms with Crippen molar-refractivity contribution in [3.05, 3.63) is 133 Å². The van der Waals surface area contributed by atoms with Crippen molar-refractivity contribution in [1.82, 2.24) is 4.90 Å². The lowest BCUT2D eigenvalue weighted by molar-refractivity contribution is -0.189. The number of hydrogen-bond donors (Lipinski definition) is 1.